The Bertz CT molecular complexity index is 834. The highest BCUT2D eigenvalue weighted by molar-refractivity contribution is 5.18. The van der Waals surface area contributed by atoms with Gasteiger partial charge in [-0.1, -0.05) is 24.3 Å². The first-order valence-electron chi connectivity index (χ1n) is 13.2. The van der Waals surface area contributed by atoms with E-state index in [1.807, 2.05) is 0 Å². The SMILES string of the molecule is C(/C=C\CCCC[n+]1cccc2c1CCCC2)=C/CCCC[n+]1cccc2c1CCCC2. The molecular formula is C30H42N2+2. The first-order chi connectivity index (χ1) is 15.9. The highest BCUT2D eigenvalue weighted by Crippen LogP contribution is 2.18. The monoisotopic (exact) mass is 430 g/mol. The number of fused-ring (bicyclic) bond motifs is 2. The van der Waals surface area contributed by atoms with Crippen molar-refractivity contribution in [2.24, 2.45) is 0 Å². The zero-order chi connectivity index (χ0) is 21.8. The van der Waals surface area contributed by atoms with Crippen LogP contribution in [0.1, 0.15) is 86.7 Å². The van der Waals surface area contributed by atoms with E-state index in [1.165, 1.54) is 103 Å². The van der Waals surface area contributed by atoms with Crippen molar-refractivity contribution >= 4 is 0 Å². The third-order valence-electron chi connectivity index (χ3n) is 7.20. The van der Waals surface area contributed by atoms with Crippen LogP contribution in [0.5, 0.6) is 0 Å². The van der Waals surface area contributed by atoms with Crippen LogP contribution in [-0.2, 0) is 38.8 Å². The van der Waals surface area contributed by atoms with Crippen LogP contribution in [0.4, 0.5) is 0 Å². The highest BCUT2D eigenvalue weighted by Gasteiger charge is 2.19. The molecule has 2 aromatic heterocycles. The molecule has 2 nitrogen and oxygen atoms in total. The average molecular weight is 431 g/mol. The van der Waals surface area contributed by atoms with Crippen LogP contribution in [0.15, 0.2) is 61.0 Å². The molecule has 2 aliphatic rings. The molecule has 2 aliphatic carbocycles. The summed E-state index contributed by atoms with van der Waals surface area (Å²) < 4.78 is 5.03. The smallest absolute Gasteiger partial charge is 0.184 e. The second-order valence-electron chi connectivity index (χ2n) is 9.61. The van der Waals surface area contributed by atoms with Gasteiger partial charge in [0.05, 0.1) is 0 Å². The third-order valence-corrected chi connectivity index (χ3v) is 7.20. The van der Waals surface area contributed by atoms with Crippen molar-refractivity contribution in [2.75, 3.05) is 0 Å². The summed E-state index contributed by atoms with van der Waals surface area (Å²) in [5, 5.41) is 0. The zero-order valence-electron chi connectivity index (χ0n) is 20.0. The number of pyridine rings is 2. The van der Waals surface area contributed by atoms with Gasteiger partial charge in [0.1, 0.15) is 13.1 Å². The summed E-state index contributed by atoms with van der Waals surface area (Å²) in [6, 6.07) is 9.13. The van der Waals surface area contributed by atoms with Crippen molar-refractivity contribution in [3.8, 4) is 0 Å². The molecule has 2 aromatic rings. The molecule has 0 unspecified atom stereocenters. The summed E-state index contributed by atoms with van der Waals surface area (Å²) in [7, 11) is 0. The third kappa shape index (κ3) is 6.64. The fourth-order valence-corrected chi connectivity index (χ4v) is 5.40. The normalized spacial score (nSPS) is 15.9. The van der Waals surface area contributed by atoms with E-state index >= 15 is 0 Å². The molecule has 0 amide bonds. The first-order valence-corrected chi connectivity index (χ1v) is 13.2. The van der Waals surface area contributed by atoms with Crippen molar-refractivity contribution in [1.29, 1.82) is 0 Å². The van der Waals surface area contributed by atoms with Crippen molar-refractivity contribution in [3.63, 3.8) is 0 Å². The Hall–Kier alpha value is -2.22. The van der Waals surface area contributed by atoms with E-state index in [2.05, 4.69) is 70.1 Å². The molecule has 0 saturated heterocycles. The summed E-state index contributed by atoms with van der Waals surface area (Å²) in [5.41, 5.74) is 6.38. The molecule has 0 fully saturated rings. The van der Waals surface area contributed by atoms with Crippen molar-refractivity contribution in [3.05, 3.63) is 83.5 Å². The molecular weight excluding hydrogens is 388 g/mol. The number of hydrogen-bond donors (Lipinski definition) is 0. The summed E-state index contributed by atoms with van der Waals surface area (Å²) in [6.45, 7) is 2.35. The van der Waals surface area contributed by atoms with Crippen LogP contribution >= 0.6 is 0 Å². The van der Waals surface area contributed by atoms with Crippen molar-refractivity contribution in [2.45, 2.75) is 103 Å². The lowest BCUT2D eigenvalue weighted by molar-refractivity contribution is -0.705. The van der Waals surface area contributed by atoms with Gasteiger partial charge in [0.2, 0.25) is 0 Å². The number of rotatable bonds is 11. The standard InChI is InChI=1S/C30H42N2/c1(3-5-7-13-23-31-25-15-19-27-17-9-11-21-29(27)31)2-4-6-8-14-24-32-26-16-20-28-18-10-12-22-30(28)32/h1-4,15-16,19-20,25-26H,5-14,17-18,21-24H2/q+2/b3-1-,4-2-. The minimum Gasteiger partial charge on any atom is -0.202 e. The lowest BCUT2D eigenvalue weighted by Crippen LogP contribution is -2.40. The molecule has 0 N–H and O–H groups in total. The predicted molar refractivity (Wildman–Crippen MR) is 133 cm³/mol. The Morgan fingerprint density at radius 3 is 1.56 bits per heavy atom. The molecule has 32 heavy (non-hydrogen) atoms. The fraction of sp³-hybridized carbons (Fsp3) is 0.533. The number of unbranched alkanes of at least 4 members (excludes halogenated alkanes) is 4. The highest BCUT2D eigenvalue weighted by atomic mass is 15.0. The molecule has 0 atom stereocenters. The van der Waals surface area contributed by atoms with Gasteiger partial charge in [0.15, 0.2) is 23.8 Å². The molecule has 170 valence electrons. The van der Waals surface area contributed by atoms with Gasteiger partial charge < -0.3 is 0 Å². The van der Waals surface area contributed by atoms with Crippen LogP contribution in [0, 0.1) is 0 Å². The molecule has 0 spiro atoms. The van der Waals surface area contributed by atoms with E-state index < -0.39 is 0 Å². The van der Waals surface area contributed by atoms with Gasteiger partial charge in [-0.2, -0.15) is 0 Å². The van der Waals surface area contributed by atoms with Crippen LogP contribution in [-0.4, -0.2) is 0 Å². The lowest BCUT2D eigenvalue weighted by atomic mass is 9.96. The van der Waals surface area contributed by atoms with E-state index in [0.29, 0.717) is 0 Å². The summed E-state index contributed by atoms with van der Waals surface area (Å²) in [4.78, 5) is 0. The van der Waals surface area contributed by atoms with Crippen LogP contribution in [0.3, 0.4) is 0 Å². The van der Waals surface area contributed by atoms with Gasteiger partial charge in [-0.3, -0.25) is 0 Å². The first kappa shape index (κ1) is 23.0. The minimum absolute atomic E-state index is 1.18. The second kappa shape index (κ2) is 12.7. The molecule has 4 rings (SSSR count). The molecule has 2 heteroatoms. The number of aryl methyl sites for hydroxylation is 4. The molecule has 0 saturated carbocycles. The number of nitrogens with zero attached hydrogens (tertiary/aromatic N) is 2. The maximum Gasteiger partial charge on any atom is 0.184 e. The Labute approximate surface area is 195 Å². The molecule has 0 radical (unpaired) electrons. The van der Waals surface area contributed by atoms with E-state index in [-0.39, 0.29) is 0 Å². The minimum atomic E-state index is 1.18. The maximum atomic E-state index is 2.52. The van der Waals surface area contributed by atoms with E-state index in [9.17, 15) is 0 Å². The van der Waals surface area contributed by atoms with Crippen molar-refractivity contribution < 1.29 is 9.13 Å². The quantitative estimate of drug-likeness (QED) is 0.229. The molecule has 0 bridgehead atoms. The van der Waals surface area contributed by atoms with Gasteiger partial charge in [-0.15, -0.1) is 0 Å². The summed E-state index contributed by atoms with van der Waals surface area (Å²) in [5.74, 6) is 0. The average Bonchev–Trinajstić information content (AvgIpc) is 2.85. The lowest BCUT2D eigenvalue weighted by Gasteiger charge is -2.13. The second-order valence-corrected chi connectivity index (χ2v) is 9.61. The zero-order valence-corrected chi connectivity index (χ0v) is 20.0. The van der Waals surface area contributed by atoms with E-state index in [0.717, 1.165) is 0 Å². The van der Waals surface area contributed by atoms with Gasteiger partial charge in [0, 0.05) is 48.9 Å². The summed E-state index contributed by atoms with van der Waals surface area (Å²) in [6.07, 6.45) is 31.8. The van der Waals surface area contributed by atoms with Gasteiger partial charge in [-0.05, 0) is 76.3 Å². The van der Waals surface area contributed by atoms with E-state index in [1.54, 1.807) is 22.5 Å². The maximum absolute atomic E-state index is 2.52. The Morgan fingerprint density at radius 2 is 1.06 bits per heavy atom. The Kier molecular flexibility index (Phi) is 9.13. The Balaban J connectivity index is 1.06. The molecule has 2 heterocycles. The van der Waals surface area contributed by atoms with Gasteiger partial charge in [0.25, 0.3) is 0 Å². The van der Waals surface area contributed by atoms with E-state index in [4.69, 9.17) is 0 Å². The van der Waals surface area contributed by atoms with Gasteiger partial charge in [-0.25, -0.2) is 9.13 Å². The van der Waals surface area contributed by atoms with Crippen molar-refractivity contribution in [1.82, 2.24) is 0 Å². The topological polar surface area (TPSA) is 7.76 Å². The van der Waals surface area contributed by atoms with Crippen LogP contribution in [0.25, 0.3) is 0 Å². The van der Waals surface area contributed by atoms with Gasteiger partial charge >= 0.3 is 0 Å². The predicted octanol–water partition coefficient (Wildman–Crippen LogP) is 6.17. The Morgan fingerprint density at radius 1 is 0.594 bits per heavy atom. The number of hydrogen-bond acceptors (Lipinski definition) is 0. The largest absolute Gasteiger partial charge is 0.202 e. The number of allylic oxidation sites excluding steroid dienone is 4. The summed E-state index contributed by atoms with van der Waals surface area (Å²) >= 11 is 0. The van der Waals surface area contributed by atoms with Crippen LogP contribution < -0.4 is 9.13 Å². The fourth-order valence-electron chi connectivity index (χ4n) is 5.40. The molecule has 0 aromatic carbocycles. The van der Waals surface area contributed by atoms with Crippen LogP contribution in [0.2, 0.25) is 0 Å². The molecule has 0 aliphatic heterocycles. The number of aromatic nitrogens is 2.